The van der Waals surface area contributed by atoms with Crippen molar-refractivity contribution in [3.05, 3.63) is 42.5 Å². The van der Waals surface area contributed by atoms with Gasteiger partial charge in [-0.15, -0.1) is 0 Å². The van der Waals surface area contributed by atoms with E-state index < -0.39 is 0 Å². The van der Waals surface area contributed by atoms with E-state index in [-0.39, 0.29) is 0 Å². The molecule has 0 unspecified atom stereocenters. The van der Waals surface area contributed by atoms with Gasteiger partial charge in [0, 0.05) is 31.0 Å². The van der Waals surface area contributed by atoms with E-state index in [4.69, 9.17) is 0 Å². The van der Waals surface area contributed by atoms with Crippen molar-refractivity contribution in [2.24, 2.45) is 0 Å². The van der Waals surface area contributed by atoms with E-state index in [1.54, 1.807) is 0 Å². The first-order valence-electron chi connectivity index (χ1n) is 7.59. The first-order chi connectivity index (χ1) is 10.3. The van der Waals surface area contributed by atoms with Gasteiger partial charge in [0.1, 0.15) is 11.6 Å². The fraction of sp³-hybridized carbons (Fsp3) is 0.353. The summed E-state index contributed by atoms with van der Waals surface area (Å²) < 4.78 is 0. The van der Waals surface area contributed by atoms with E-state index in [9.17, 15) is 0 Å². The van der Waals surface area contributed by atoms with Gasteiger partial charge in [0.2, 0.25) is 0 Å². The van der Waals surface area contributed by atoms with E-state index in [0.717, 1.165) is 37.0 Å². The van der Waals surface area contributed by atoms with Gasteiger partial charge < -0.3 is 15.5 Å². The normalized spacial score (nSPS) is 10.2. The molecule has 0 amide bonds. The highest BCUT2D eigenvalue weighted by molar-refractivity contribution is 5.61. The minimum atomic E-state index is 0.851. The summed E-state index contributed by atoms with van der Waals surface area (Å²) in [6.07, 6.45) is 0. The van der Waals surface area contributed by atoms with E-state index in [0.29, 0.717) is 0 Å². The Morgan fingerprint density at radius 3 is 2.19 bits per heavy atom. The molecule has 2 N–H and O–H groups in total. The summed E-state index contributed by atoms with van der Waals surface area (Å²) >= 11 is 0. The maximum absolute atomic E-state index is 4.52. The highest BCUT2D eigenvalue weighted by atomic mass is 15.1. The van der Waals surface area contributed by atoms with E-state index >= 15 is 0 Å². The van der Waals surface area contributed by atoms with Crippen molar-refractivity contribution in [1.82, 2.24) is 4.98 Å². The Balaban J connectivity index is 2.08. The Hall–Kier alpha value is -2.23. The topological polar surface area (TPSA) is 40.2 Å². The molecule has 0 aliphatic carbocycles. The maximum Gasteiger partial charge on any atom is 0.132 e. The molecular formula is C17H24N4. The van der Waals surface area contributed by atoms with E-state index in [2.05, 4.69) is 65.6 Å². The van der Waals surface area contributed by atoms with Gasteiger partial charge in [0.05, 0.1) is 0 Å². The second kappa shape index (κ2) is 7.53. The van der Waals surface area contributed by atoms with Crippen molar-refractivity contribution in [3.63, 3.8) is 0 Å². The molecule has 0 saturated carbocycles. The molecule has 0 fully saturated rings. The standard InChI is InChI=1S/C17H24N4/c1-4-18-16-8-7-9-17(20-16)19-14-10-12-15(13-11-14)21(5-2)6-3/h7-13H,4-6H2,1-3H3,(H2,18,19,20). The van der Waals surface area contributed by atoms with Crippen molar-refractivity contribution in [3.8, 4) is 0 Å². The predicted molar refractivity (Wildman–Crippen MR) is 91.7 cm³/mol. The Labute approximate surface area is 127 Å². The Bertz CT molecular complexity index is 547. The number of pyridine rings is 1. The molecule has 1 aromatic heterocycles. The van der Waals surface area contributed by atoms with Crippen molar-refractivity contribution >= 4 is 23.0 Å². The third kappa shape index (κ3) is 4.12. The Kier molecular flexibility index (Phi) is 5.43. The van der Waals surface area contributed by atoms with Gasteiger partial charge in [-0.2, -0.15) is 0 Å². The molecule has 0 saturated heterocycles. The number of benzene rings is 1. The summed E-state index contributed by atoms with van der Waals surface area (Å²) in [5, 5.41) is 6.55. The third-order valence-corrected chi connectivity index (χ3v) is 3.38. The fourth-order valence-corrected chi connectivity index (χ4v) is 2.28. The molecule has 0 atom stereocenters. The molecule has 0 bridgehead atoms. The third-order valence-electron chi connectivity index (χ3n) is 3.38. The van der Waals surface area contributed by atoms with Gasteiger partial charge in [-0.05, 0) is 57.2 Å². The lowest BCUT2D eigenvalue weighted by Crippen LogP contribution is -2.21. The zero-order chi connectivity index (χ0) is 15.1. The second-order valence-corrected chi connectivity index (χ2v) is 4.78. The first kappa shape index (κ1) is 15.2. The molecular weight excluding hydrogens is 260 g/mol. The van der Waals surface area contributed by atoms with E-state index in [1.165, 1.54) is 5.69 Å². The minimum Gasteiger partial charge on any atom is -0.372 e. The zero-order valence-electron chi connectivity index (χ0n) is 13.1. The smallest absolute Gasteiger partial charge is 0.132 e. The number of nitrogens with zero attached hydrogens (tertiary/aromatic N) is 2. The van der Waals surface area contributed by atoms with Crippen LogP contribution in [0.25, 0.3) is 0 Å². The zero-order valence-corrected chi connectivity index (χ0v) is 13.1. The summed E-state index contributed by atoms with van der Waals surface area (Å²) in [6.45, 7) is 9.32. The van der Waals surface area contributed by atoms with Crippen LogP contribution in [0.4, 0.5) is 23.0 Å². The Morgan fingerprint density at radius 2 is 1.57 bits per heavy atom. The van der Waals surface area contributed by atoms with Gasteiger partial charge in [-0.3, -0.25) is 0 Å². The maximum atomic E-state index is 4.52. The van der Waals surface area contributed by atoms with Crippen molar-refractivity contribution < 1.29 is 0 Å². The van der Waals surface area contributed by atoms with Crippen LogP contribution in [0.1, 0.15) is 20.8 Å². The highest BCUT2D eigenvalue weighted by Gasteiger charge is 2.02. The number of hydrogen-bond donors (Lipinski definition) is 2. The van der Waals surface area contributed by atoms with E-state index in [1.807, 2.05) is 18.2 Å². The van der Waals surface area contributed by atoms with Crippen LogP contribution < -0.4 is 15.5 Å². The van der Waals surface area contributed by atoms with Gasteiger partial charge in [0.25, 0.3) is 0 Å². The average molecular weight is 284 g/mol. The van der Waals surface area contributed by atoms with Gasteiger partial charge in [0.15, 0.2) is 0 Å². The van der Waals surface area contributed by atoms with Crippen LogP contribution in [0.2, 0.25) is 0 Å². The first-order valence-corrected chi connectivity index (χ1v) is 7.59. The van der Waals surface area contributed by atoms with Crippen LogP contribution in [0.5, 0.6) is 0 Å². The molecule has 112 valence electrons. The van der Waals surface area contributed by atoms with Crippen molar-refractivity contribution in [2.45, 2.75) is 20.8 Å². The number of hydrogen-bond acceptors (Lipinski definition) is 4. The minimum absolute atomic E-state index is 0.851. The number of anilines is 4. The molecule has 21 heavy (non-hydrogen) atoms. The molecule has 4 nitrogen and oxygen atoms in total. The van der Waals surface area contributed by atoms with Crippen LogP contribution in [0, 0.1) is 0 Å². The lowest BCUT2D eigenvalue weighted by molar-refractivity contribution is 0.866. The van der Waals surface area contributed by atoms with Gasteiger partial charge >= 0.3 is 0 Å². The van der Waals surface area contributed by atoms with Crippen molar-refractivity contribution in [1.29, 1.82) is 0 Å². The summed E-state index contributed by atoms with van der Waals surface area (Å²) in [6, 6.07) is 14.4. The summed E-state index contributed by atoms with van der Waals surface area (Å²) in [5.41, 5.74) is 2.30. The molecule has 0 spiro atoms. The SMILES string of the molecule is CCNc1cccc(Nc2ccc(N(CC)CC)cc2)n1. The monoisotopic (exact) mass is 284 g/mol. The molecule has 1 heterocycles. The van der Waals surface area contributed by atoms with Gasteiger partial charge in [-0.1, -0.05) is 6.07 Å². The predicted octanol–water partition coefficient (Wildman–Crippen LogP) is 4.10. The average Bonchev–Trinajstić information content (AvgIpc) is 2.51. The largest absolute Gasteiger partial charge is 0.372 e. The second-order valence-electron chi connectivity index (χ2n) is 4.78. The molecule has 0 aliphatic rings. The highest BCUT2D eigenvalue weighted by Crippen LogP contribution is 2.21. The quantitative estimate of drug-likeness (QED) is 0.803. The summed E-state index contributed by atoms with van der Waals surface area (Å²) in [7, 11) is 0. The van der Waals surface area contributed by atoms with Crippen LogP contribution in [-0.4, -0.2) is 24.6 Å². The Morgan fingerprint density at radius 1 is 0.905 bits per heavy atom. The number of aromatic nitrogens is 1. The summed E-state index contributed by atoms with van der Waals surface area (Å²) in [5.74, 6) is 1.74. The van der Waals surface area contributed by atoms with Crippen LogP contribution in [-0.2, 0) is 0 Å². The molecule has 4 heteroatoms. The molecule has 0 radical (unpaired) electrons. The molecule has 0 aliphatic heterocycles. The number of nitrogens with one attached hydrogen (secondary N) is 2. The molecule has 2 rings (SSSR count). The van der Waals surface area contributed by atoms with Crippen LogP contribution >= 0.6 is 0 Å². The molecule has 2 aromatic rings. The lowest BCUT2D eigenvalue weighted by Gasteiger charge is -2.21. The van der Waals surface area contributed by atoms with Crippen LogP contribution in [0.3, 0.4) is 0 Å². The number of rotatable bonds is 7. The lowest BCUT2D eigenvalue weighted by atomic mass is 10.2. The van der Waals surface area contributed by atoms with Crippen LogP contribution in [0.15, 0.2) is 42.5 Å². The molecule has 1 aromatic carbocycles. The van der Waals surface area contributed by atoms with Crippen molar-refractivity contribution in [2.75, 3.05) is 35.2 Å². The fourth-order valence-electron chi connectivity index (χ4n) is 2.28. The van der Waals surface area contributed by atoms with Gasteiger partial charge in [-0.25, -0.2) is 4.98 Å². The summed E-state index contributed by atoms with van der Waals surface area (Å²) in [4.78, 5) is 6.84.